The minimum atomic E-state index is -5.08. The van der Waals surface area contributed by atoms with E-state index in [0.29, 0.717) is 0 Å². The fraction of sp³-hybridized carbons (Fsp3) is 0.750. The summed E-state index contributed by atoms with van der Waals surface area (Å²) in [6.07, 6.45) is -8.50. The molecular formula is C12H16F3NO6. The number of rotatable bonds is 3. The Morgan fingerprint density at radius 1 is 1.14 bits per heavy atom. The molecule has 1 aliphatic rings. The van der Waals surface area contributed by atoms with Crippen LogP contribution in [0.4, 0.5) is 13.2 Å². The Bertz CT molecular complexity index is 453. The predicted octanol–water partition coefficient (Wildman–Crippen LogP) is 0.663. The van der Waals surface area contributed by atoms with Crippen LogP contribution in [0.15, 0.2) is 0 Å². The van der Waals surface area contributed by atoms with Crippen molar-refractivity contribution in [1.82, 2.24) is 5.32 Å². The van der Waals surface area contributed by atoms with Crippen LogP contribution in [0, 0.1) is 0 Å². The van der Waals surface area contributed by atoms with Crippen molar-refractivity contribution in [2.24, 2.45) is 0 Å². The van der Waals surface area contributed by atoms with Gasteiger partial charge in [-0.25, -0.2) is 0 Å². The molecule has 1 N–H and O–H groups in total. The van der Waals surface area contributed by atoms with Crippen LogP contribution in [0.5, 0.6) is 0 Å². The molecule has 1 saturated heterocycles. The molecule has 0 unspecified atom stereocenters. The minimum Gasteiger partial charge on any atom is -0.458 e. The highest BCUT2D eigenvalue weighted by molar-refractivity contribution is 5.82. The van der Waals surface area contributed by atoms with Crippen LogP contribution in [0.2, 0.25) is 0 Å². The average molecular weight is 327 g/mol. The van der Waals surface area contributed by atoms with Gasteiger partial charge >= 0.3 is 24.0 Å². The van der Waals surface area contributed by atoms with Gasteiger partial charge in [0, 0.05) is 20.3 Å². The predicted molar refractivity (Wildman–Crippen MR) is 64.3 cm³/mol. The van der Waals surface area contributed by atoms with E-state index in [4.69, 9.17) is 14.2 Å². The summed E-state index contributed by atoms with van der Waals surface area (Å²) in [7, 11) is 0. The number of halogens is 3. The first-order valence-corrected chi connectivity index (χ1v) is 6.38. The van der Waals surface area contributed by atoms with Crippen molar-refractivity contribution < 1.29 is 41.8 Å². The highest BCUT2D eigenvalue weighted by atomic mass is 19.4. The van der Waals surface area contributed by atoms with Crippen molar-refractivity contribution >= 4 is 17.8 Å². The number of esters is 2. The van der Waals surface area contributed by atoms with E-state index in [-0.39, 0.29) is 6.42 Å². The lowest BCUT2D eigenvalue weighted by molar-refractivity contribution is -0.230. The standard InChI is InChI=1S/C12H16F3NO6/c1-5-10(22-7(3)18)8(16-11(19)12(13,14)15)4-9(20-5)21-6(2)17/h5,8-10H,4H2,1-3H3,(H,16,19)/t5-,8+,9-,10-/m0/s1. The van der Waals surface area contributed by atoms with Gasteiger partial charge < -0.3 is 19.5 Å². The number of carbonyl (C=O) groups excluding carboxylic acids is 3. The fourth-order valence-corrected chi connectivity index (χ4v) is 2.06. The molecule has 1 fully saturated rings. The van der Waals surface area contributed by atoms with Crippen molar-refractivity contribution in [2.45, 2.75) is 57.9 Å². The molecule has 10 heteroatoms. The van der Waals surface area contributed by atoms with Crippen molar-refractivity contribution in [2.75, 3.05) is 0 Å². The molecule has 0 aromatic rings. The van der Waals surface area contributed by atoms with Crippen LogP contribution in [0.25, 0.3) is 0 Å². The zero-order chi connectivity index (χ0) is 17.1. The summed E-state index contributed by atoms with van der Waals surface area (Å²) in [5.74, 6) is -3.60. The number of hydrogen-bond acceptors (Lipinski definition) is 6. The molecule has 126 valence electrons. The van der Waals surface area contributed by atoms with Crippen LogP contribution in [-0.2, 0) is 28.6 Å². The largest absolute Gasteiger partial charge is 0.471 e. The molecular weight excluding hydrogens is 311 g/mol. The van der Waals surface area contributed by atoms with E-state index < -0.39 is 48.6 Å². The van der Waals surface area contributed by atoms with Crippen molar-refractivity contribution in [3.8, 4) is 0 Å². The number of alkyl halides is 3. The second kappa shape index (κ2) is 6.95. The van der Waals surface area contributed by atoms with E-state index in [1.165, 1.54) is 6.92 Å². The van der Waals surface area contributed by atoms with Crippen LogP contribution < -0.4 is 5.32 Å². The summed E-state index contributed by atoms with van der Waals surface area (Å²) in [6.45, 7) is 3.61. The summed E-state index contributed by atoms with van der Waals surface area (Å²) in [5, 5.41) is 1.74. The molecule has 1 aliphatic heterocycles. The molecule has 1 heterocycles. The van der Waals surface area contributed by atoms with Crippen molar-refractivity contribution in [3.63, 3.8) is 0 Å². The maximum atomic E-state index is 12.4. The SMILES string of the molecule is CC(=O)O[C@H]1C[C@@H](NC(=O)C(F)(F)F)[C@@H](OC(C)=O)[C@H](C)O1. The zero-order valence-electron chi connectivity index (χ0n) is 12.1. The highest BCUT2D eigenvalue weighted by Crippen LogP contribution is 2.25. The van der Waals surface area contributed by atoms with Crippen LogP contribution >= 0.6 is 0 Å². The molecule has 0 aromatic heterocycles. The fourth-order valence-electron chi connectivity index (χ4n) is 2.06. The van der Waals surface area contributed by atoms with Crippen LogP contribution in [0.1, 0.15) is 27.2 Å². The lowest BCUT2D eigenvalue weighted by Gasteiger charge is -2.39. The van der Waals surface area contributed by atoms with Gasteiger partial charge in [0.25, 0.3) is 0 Å². The zero-order valence-corrected chi connectivity index (χ0v) is 12.1. The maximum absolute atomic E-state index is 12.4. The Labute approximate surface area is 124 Å². The Balaban J connectivity index is 2.88. The maximum Gasteiger partial charge on any atom is 0.471 e. The van der Waals surface area contributed by atoms with Gasteiger partial charge in [0.1, 0.15) is 6.10 Å². The van der Waals surface area contributed by atoms with E-state index >= 15 is 0 Å². The number of nitrogens with one attached hydrogen (secondary N) is 1. The molecule has 22 heavy (non-hydrogen) atoms. The second-order valence-corrected chi connectivity index (χ2v) is 4.77. The van der Waals surface area contributed by atoms with E-state index in [2.05, 4.69) is 0 Å². The molecule has 4 atom stereocenters. The number of carbonyl (C=O) groups is 3. The lowest BCUT2D eigenvalue weighted by Crippen LogP contribution is -2.58. The Kier molecular flexibility index (Phi) is 5.75. The molecule has 0 aromatic carbocycles. The third-order valence-electron chi connectivity index (χ3n) is 2.85. The number of amides is 1. The normalized spacial score (nSPS) is 28.6. The van der Waals surface area contributed by atoms with Gasteiger partial charge in [0.2, 0.25) is 6.29 Å². The second-order valence-electron chi connectivity index (χ2n) is 4.77. The van der Waals surface area contributed by atoms with E-state index in [0.717, 1.165) is 13.8 Å². The Morgan fingerprint density at radius 3 is 2.14 bits per heavy atom. The summed E-state index contributed by atoms with van der Waals surface area (Å²) >= 11 is 0. The van der Waals surface area contributed by atoms with Gasteiger partial charge in [0.15, 0.2) is 0 Å². The monoisotopic (exact) mass is 327 g/mol. The average Bonchev–Trinajstić information content (AvgIpc) is 2.31. The third-order valence-corrected chi connectivity index (χ3v) is 2.85. The Hall–Kier alpha value is -1.84. The quantitative estimate of drug-likeness (QED) is 0.766. The van der Waals surface area contributed by atoms with Crippen molar-refractivity contribution in [3.05, 3.63) is 0 Å². The van der Waals surface area contributed by atoms with Gasteiger partial charge in [-0.2, -0.15) is 13.2 Å². The van der Waals surface area contributed by atoms with Gasteiger partial charge in [-0.1, -0.05) is 0 Å². The van der Waals surface area contributed by atoms with Gasteiger partial charge in [0.05, 0.1) is 12.1 Å². The summed E-state index contributed by atoms with van der Waals surface area (Å²) in [6, 6.07) is -1.20. The van der Waals surface area contributed by atoms with Crippen molar-refractivity contribution in [1.29, 1.82) is 0 Å². The van der Waals surface area contributed by atoms with E-state index in [1.54, 1.807) is 5.32 Å². The minimum absolute atomic E-state index is 0.274. The van der Waals surface area contributed by atoms with E-state index in [9.17, 15) is 27.6 Å². The summed E-state index contributed by atoms with van der Waals surface area (Å²) < 4.78 is 52.0. The van der Waals surface area contributed by atoms with Gasteiger partial charge in [-0.05, 0) is 6.92 Å². The molecule has 0 bridgehead atoms. The number of hydrogen-bond donors (Lipinski definition) is 1. The number of ether oxygens (including phenoxy) is 3. The first kappa shape index (κ1) is 18.2. The first-order valence-electron chi connectivity index (χ1n) is 6.38. The van der Waals surface area contributed by atoms with Crippen LogP contribution in [0.3, 0.4) is 0 Å². The summed E-state index contributed by atoms with van der Waals surface area (Å²) in [4.78, 5) is 33.0. The smallest absolute Gasteiger partial charge is 0.458 e. The third kappa shape index (κ3) is 5.17. The molecule has 0 saturated carbocycles. The molecule has 0 radical (unpaired) electrons. The topological polar surface area (TPSA) is 90.9 Å². The highest BCUT2D eigenvalue weighted by Gasteiger charge is 2.45. The van der Waals surface area contributed by atoms with Crippen LogP contribution in [-0.4, -0.2) is 48.6 Å². The lowest BCUT2D eigenvalue weighted by atomic mass is 9.99. The Morgan fingerprint density at radius 2 is 1.68 bits per heavy atom. The molecule has 0 spiro atoms. The van der Waals surface area contributed by atoms with Gasteiger partial charge in [-0.3, -0.25) is 14.4 Å². The molecule has 1 rings (SSSR count). The molecule has 0 aliphatic carbocycles. The van der Waals surface area contributed by atoms with E-state index in [1.807, 2.05) is 0 Å². The van der Waals surface area contributed by atoms with Gasteiger partial charge in [-0.15, -0.1) is 0 Å². The molecule has 7 nitrogen and oxygen atoms in total. The molecule has 1 amide bonds. The summed E-state index contributed by atoms with van der Waals surface area (Å²) in [5.41, 5.74) is 0. The first-order chi connectivity index (χ1) is 10.0.